The first-order valence-corrected chi connectivity index (χ1v) is 7.49. The van der Waals surface area contributed by atoms with Crippen LogP contribution < -0.4 is 4.74 Å². The van der Waals surface area contributed by atoms with Gasteiger partial charge in [0, 0.05) is 43.8 Å². The smallest absolute Gasteiger partial charge is 0.119 e. The Hall–Kier alpha value is -0.840. The van der Waals surface area contributed by atoms with E-state index in [0.717, 1.165) is 56.1 Å². The topological polar surface area (TPSA) is 15.7 Å². The summed E-state index contributed by atoms with van der Waals surface area (Å²) in [4.78, 5) is 4.88. The molecule has 3 nitrogen and oxygen atoms in total. The predicted molar refractivity (Wildman–Crippen MR) is 82.9 cm³/mol. The Morgan fingerprint density at radius 2 is 1.74 bits per heavy atom. The molecule has 4 heteroatoms. The number of benzene rings is 1. The molecular weight excluding hydrogens is 304 g/mol. The fourth-order valence-electron chi connectivity index (χ4n) is 2.22. The van der Waals surface area contributed by atoms with Gasteiger partial charge in [0.2, 0.25) is 0 Å². The molecule has 1 aromatic carbocycles. The summed E-state index contributed by atoms with van der Waals surface area (Å²) in [5.41, 5.74) is 0. The number of hydrogen-bond donors (Lipinski definition) is 0. The highest BCUT2D eigenvalue weighted by atomic mass is 79.9. The van der Waals surface area contributed by atoms with Crippen molar-refractivity contribution >= 4 is 15.9 Å². The zero-order valence-corrected chi connectivity index (χ0v) is 12.8. The summed E-state index contributed by atoms with van der Waals surface area (Å²) in [5, 5.41) is 0. The minimum absolute atomic E-state index is 0.759. The summed E-state index contributed by atoms with van der Waals surface area (Å²) in [6, 6.07) is 10.0. The third-order valence-electron chi connectivity index (χ3n) is 3.28. The lowest BCUT2D eigenvalue weighted by Gasteiger charge is -2.34. The molecule has 0 N–H and O–H groups in total. The Morgan fingerprint density at radius 1 is 1.11 bits per heavy atom. The van der Waals surface area contributed by atoms with Gasteiger partial charge in [-0.1, -0.05) is 40.7 Å². The number of piperazine rings is 1. The van der Waals surface area contributed by atoms with Crippen LogP contribution in [-0.2, 0) is 0 Å². The molecule has 0 atom stereocenters. The van der Waals surface area contributed by atoms with Gasteiger partial charge in [-0.05, 0) is 12.1 Å². The van der Waals surface area contributed by atoms with Crippen LogP contribution in [0.15, 0.2) is 41.4 Å². The lowest BCUT2D eigenvalue weighted by Crippen LogP contribution is -2.47. The van der Waals surface area contributed by atoms with Crippen LogP contribution in [0.4, 0.5) is 0 Å². The number of rotatable bonds is 6. The number of ether oxygens (including phenoxy) is 1. The van der Waals surface area contributed by atoms with E-state index in [1.54, 1.807) is 0 Å². The molecule has 1 fully saturated rings. The maximum Gasteiger partial charge on any atom is 0.119 e. The van der Waals surface area contributed by atoms with Gasteiger partial charge in [0.15, 0.2) is 0 Å². The van der Waals surface area contributed by atoms with Gasteiger partial charge in [0.1, 0.15) is 12.4 Å². The summed E-state index contributed by atoms with van der Waals surface area (Å²) in [6.07, 6.45) is 0. The van der Waals surface area contributed by atoms with Crippen molar-refractivity contribution in [3.8, 4) is 5.75 Å². The molecule has 0 saturated carbocycles. The van der Waals surface area contributed by atoms with E-state index in [9.17, 15) is 0 Å². The normalized spacial score (nSPS) is 17.3. The first-order chi connectivity index (χ1) is 9.24. The highest BCUT2D eigenvalue weighted by Gasteiger charge is 2.16. The van der Waals surface area contributed by atoms with Crippen LogP contribution >= 0.6 is 15.9 Å². The maximum absolute atomic E-state index is 5.72. The van der Waals surface area contributed by atoms with Crippen molar-refractivity contribution in [1.29, 1.82) is 0 Å². The van der Waals surface area contributed by atoms with Crippen LogP contribution in [0.3, 0.4) is 0 Å². The van der Waals surface area contributed by atoms with Crippen LogP contribution in [0, 0.1) is 0 Å². The van der Waals surface area contributed by atoms with E-state index in [2.05, 4.69) is 32.3 Å². The minimum atomic E-state index is 0.759. The quantitative estimate of drug-likeness (QED) is 0.800. The number of para-hydroxylation sites is 1. The molecule has 2 rings (SSSR count). The van der Waals surface area contributed by atoms with E-state index in [1.807, 2.05) is 30.3 Å². The van der Waals surface area contributed by atoms with Crippen molar-refractivity contribution < 1.29 is 4.74 Å². The van der Waals surface area contributed by atoms with Crippen molar-refractivity contribution in [2.75, 3.05) is 45.9 Å². The van der Waals surface area contributed by atoms with Gasteiger partial charge in [0.05, 0.1) is 0 Å². The average Bonchev–Trinajstić information content (AvgIpc) is 2.41. The van der Waals surface area contributed by atoms with E-state index >= 15 is 0 Å². The van der Waals surface area contributed by atoms with Gasteiger partial charge in [-0.15, -0.1) is 0 Å². The second-order valence-corrected chi connectivity index (χ2v) is 5.92. The lowest BCUT2D eigenvalue weighted by atomic mass is 10.3. The third-order valence-corrected chi connectivity index (χ3v) is 3.53. The summed E-state index contributed by atoms with van der Waals surface area (Å²) < 4.78 is 6.79. The molecule has 104 valence electrons. The van der Waals surface area contributed by atoms with Crippen LogP contribution in [0.1, 0.15) is 0 Å². The van der Waals surface area contributed by atoms with Gasteiger partial charge >= 0.3 is 0 Å². The summed E-state index contributed by atoms with van der Waals surface area (Å²) >= 11 is 3.42. The van der Waals surface area contributed by atoms with Crippen molar-refractivity contribution in [2.45, 2.75) is 0 Å². The van der Waals surface area contributed by atoms with Crippen LogP contribution in [0.2, 0.25) is 0 Å². The van der Waals surface area contributed by atoms with Crippen LogP contribution in [-0.4, -0.2) is 55.7 Å². The third kappa shape index (κ3) is 5.35. The minimum Gasteiger partial charge on any atom is -0.492 e. The summed E-state index contributed by atoms with van der Waals surface area (Å²) in [5.74, 6) is 0.955. The van der Waals surface area contributed by atoms with Gasteiger partial charge in [-0.2, -0.15) is 0 Å². The fourth-order valence-corrected chi connectivity index (χ4v) is 2.58. The Bertz CT molecular complexity index is 388. The van der Waals surface area contributed by atoms with Gasteiger partial charge in [-0.25, -0.2) is 0 Å². The standard InChI is InChI=1S/C15H21BrN2O/c1-14(16)13-18-9-7-17(8-10-18)11-12-19-15-5-3-2-4-6-15/h2-6H,1,7-13H2. The molecule has 0 aliphatic carbocycles. The first kappa shape index (κ1) is 14.6. The van der Waals surface area contributed by atoms with Crippen molar-refractivity contribution in [3.05, 3.63) is 41.4 Å². The predicted octanol–water partition coefficient (Wildman–Crippen LogP) is 2.59. The van der Waals surface area contributed by atoms with Crippen molar-refractivity contribution in [2.24, 2.45) is 0 Å². The number of halogens is 1. The molecule has 1 aliphatic heterocycles. The zero-order chi connectivity index (χ0) is 13.5. The Balaban J connectivity index is 1.62. The molecule has 0 radical (unpaired) electrons. The largest absolute Gasteiger partial charge is 0.492 e. The maximum atomic E-state index is 5.72. The highest BCUT2D eigenvalue weighted by Crippen LogP contribution is 2.10. The van der Waals surface area contributed by atoms with Gasteiger partial charge in [-0.3, -0.25) is 9.80 Å². The monoisotopic (exact) mass is 324 g/mol. The van der Waals surface area contributed by atoms with E-state index in [4.69, 9.17) is 4.74 Å². The molecular formula is C15H21BrN2O. The second kappa shape index (κ2) is 7.68. The molecule has 1 saturated heterocycles. The van der Waals surface area contributed by atoms with E-state index in [-0.39, 0.29) is 0 Å². The molecule has 0 spiro atoms. The molecule has 0 unspecified atom stereocenters. The molecule has 1 aromatic rings. The van der Waals surface area contributed by atoms with Crippen molar-refractivity contribution in [3.63, 3.8) is 0 Å². The van der Waals surface area contributed by atoms with E-state index in [1.165, 1.54) is 0 Å². The average molecular weight is 325 g/mol. The Morgan fingerprint density at radius 3 is 2.37 bits per heavy atom. The van der Waals surface area contributed by atoms with E-state index < -0.39 is 0 Å². The fraction of sp³-hybridized carbons (Fsp3) is 0.467. The summed E-state index contributed by atoms with van der Waals surface area (Å²) in [7, 11) is 0. The van der Waals surface area contributed by atoms with Gasteiger partial charge in [0.25, 0.3) is 0 Å². The molecule has 1 aliphatic rings. The Kier molecular flexibility index (Phi) is 5.89. The first-order valence-electron chi connectivity index (χ1n) is 6.70. The molecule has 19 heavy (non-hydrogen) atoms. The molecule has 1 heterocycles. The van der Waals surface area contributed by atoms with Crippen molar-refractivity contribution in [1.82, 2.24) is 9.80 Å². The zero-order valence-electron chi connectivity index (χ0n) is 11.2. The molecule has 0 amide bonds. The second-order valence-electron chi connectivity index (χ2n) is 4.80. The number of hydrogen-bond acceptors (Lipinski definition) is 3. The highest BCUT2D eigenvalue weighted by molar-refractivity contribution is 9.11. The van der Waals surface area contributed by atoms with Crippen LogP contribution in [0.5, 0.6) is 5.75 Å². The molecule has 0 aromatic heterocycles. The Labute approximate surface area is 124 Å². The van der Waals surface area contributed by atoms with Gasteiger partial charge < -0.3 is 4.74 Å². The molecule has 0 bridgehead atoms. The lowest BCUT2D eigenvalue weighted by molar-refractivity contribution is 0.124. The number of nitrogens with zero attached hydrogens (tertiary/aromatic N) is 2. The van der Waals surface area contributed by atoms with E-state index in [0.29, 0.717) is 0 Å². The van der Waals surface area contributed by atoms with Crippen LogP contribution in [0.25, 0.3) is 0 Å². The summed E-state index contributed by atoms with van der Waals surface area (Å²) in [6.45, 7) is 11.0. The SMILES string of the molecule is C=C(Br)CN1CCN(CCOc2ccccc2)CC1.